The van der Waals surface area contributed by atoms with E-state index in [1.807, 2.05) is 42.5 Å². The fourth-order valence-corrected chi connectivity index (χ4v) is 4.23. The number of hydrogen-bond donors (Lipinski definition) is 3. The maximum Gasteiger partial charge on any atom is 0.490 e. The van der Waals surface area contributed by atoms with Crippen molar-refractivity contribution in [1.29, 1.82) is 0 Å². The van der Waals surface area contributed by atoms with Crippen LogP contribution in [0.1, 0.15) is 21.5 Å². The Labute approximate surface area is 245 Å². The third-order valence-electron chi connectivity index (χ3n) is 6.27. The van der Waals surface area contributed by atoms with Gasteiger partial charge in [-0.15, -0.1) is 0 Å². The Bertz CT molecular complexity index is 1410. The molecule has 0 aliphatic carbocycles. The number of aromatic carboxylic acids is 1. The number of benzene rings is 3. The number of carboxylic acid groups (broad SMARTS) is 2. The van der Waals surface area contributed by atoms with Crippen molar-refractivity contribution in [3.63, 3.8) is 0 Å². The number of aliphatic carboxylic acids is 1. The van der Waals surface area contributed by atoms with Gasteiger partial charge < -0.3 is 30.1 Å². The van der Waals surface area contributed by atoms with Gasteiger partial charge in [-0.05, 0) is 66.6 Å². The minimum atomic E-state index is -5.08. The normalized spacial score (nSPS) is 13.6. The van der Waals surface area contributed by atoms with Crippen LogP contribution in [0.3, 0.4) is 0 Å². The molecule has 0 atom stereocenters. The van der Waals surface area contributed by atoms with E-state index in [-0.39, 0.29) is 5.56 Å². The molecule has 0 aromatic heterocycles. The molecule has 4 rings (SSSR count). The average Bonchev–Trinajstić information content (AvgIpc) is 2.97. The summed E-state index contributed by atoms with van der Waals surface area (Å²) >= 11 is 6.25. The Morgan fingerprint density at radius 1 is 1.00 bits per heavy atom. The van der Waals surface area contributed by atoms with Crippen molar-refractivity contribution >= 4 is 40.9 Å². The Balaban J connectivity index is 0.000000616. The molecule has 3 aromatic rings. The second-order valence-electron chi connectivity index (χ2n) is 9.21. The van der Waals surface area contributed by atoms with E-state index < -0.39 is 18.1 Å². The van der Waals surface area contributed by atoms with Gasteiger partial charge in [0.05, 0.1) is 19.2 Å². The highest BCUT2D eigenvalue weighted by Crippen LogP contribution is 2.26. The van der Waals surface area contributed by atoms with Crippen molar-refractivity contribution in [2.45, 2.75) is 19.6 Å². The van der Waals surface area contributed by atoms with Gasteiger partial charge in [-0.25, -0.2) is 14.6 Å². The number of ether oxygens (including phenoxy) is 1. The number of anilines is 2. The molecular formula is C29H30ClF3N4O5. The summed E-state index contributed by atoms with van der Waals surface area (Å²) in [4.78, 5) is 29.6. The highest BCUT2D eigenvalue weighted by molar-refractivity contribution is 6.30. The first-order chi connectivity index (χ1) is 19.9. The molecule has 224 valence electrons. The van der Waals surface area contributed by atoms with E-state index in [1.54, 1.807) is 31.4 Å². The first-order valence-electron chi connectivity index (χ1n) is 12.7. The van der Waals surface area contributed by atoms with Gasteiger partial charge in [-0.1, -0.05) is 29.8 Å². The zero-order valence-electron chi connectivity index (χ0n) is 22.9. The van der Waals surface area contributed by atoms with Gasteiger partial charge in [0.15, 0.2) is 5.96 Å². The molecule has 0 amide bonds. The molecule has 3 N–H and O–H groups in total. The smallest absolute Gasteiger partial charge is 0.490 e. The Morgan fingerprint density at radius 2 is 1.64 bits per heavy atom. The molecule has 0 spiro atoms. The maximum absolute atomic E-state index is 11.2. The fraction of sp³-hybridized carbons (Fsp3) is 0.276. The third-order valence-corrected chi connectivity index (χ3v) is 6.50. The molecule has 1 heterocycles. The predicted octanol–water partition coefficient (Wildman–Crippen LogP) is 5.78. The summed E-state index contributed by atoms with van der Waals surface area (Å²) in [6, 6.07) is 20.5. The molecule has 0 saturated carbocycles. The number of carbonyl (C=O) groups is 2. The van der Waals surface area contributed by atoms with Gasteiger partial charge in [0.25, 0.3) is 0 Å². The molecule has 9 nitrogen and oxygen atoms in total. The van der Waals surface area contributed by atoms with Gasteiger partial charge in [-0.3, -0.25) is 0 Å². The van der Waals surface area contributed by atoms with Crippen molar-refractivity contribution in [1.82, 2.24) is 4.90 Å². The highest BCUT2D eigenvalue weighted by Gasteiger charge is 2.38. The Hall–Kier alpha value is -4.45. The lowest BCUT2D eigenvalue weighted by atomic mass is 10.1. The van der Waals surface area contributed by atoms with E-state index in [9.17, 15) is 23.1 Å². The summed E-state index contributed by atoms with van der Waals surface area (Å²) in [5.41, 5.74) is 4.43. The number of rotatable bonds is 6. The minimum absolute atomic E-state index is 0.246. The monoisotopic (exact) mass is 606 g/mol. The van der Waals surface area contributed by atoms with Crippen LogP contribution in [0, 0.1) is 6.92 Å². The second-order valence-corrected chi connectivity index (χ2v) is 9.64. The number of aliphatic imine (C=N–C) groups is 1. The summed E-state index contributed by atoms with van der Waals surface area (Å²) in [6.45, 7) is 5.81. The van der Waals surface area contributed by atoms with Crippen molar-refractivity contribution in [3.05, 3.63) is 88.4 Å². The first-order valence-corrected chi connectivity index (χ1v) is 13.1. The van der Waals surface area contributed by atoms with Crippen molar-refractivity contribution in [3.8, 4) is 5.75 Å². The summed E-state index contributed by atoms with van der Waals surface area (Å²) in [7, 11) is 1.65. The largest absolute Gasteiger partial charge is 0.497 e. The number of alkyl halides is 3. The zero-order chi connectivity index (χ0) is 30.9. The molecule has 1 aliphatic heterocycles. The van der Waals surface area contributed by atoms with E-state index in [0.29, 0.717) is 6.54 Å². The van der Waals surface area contributed by atoms with Crippen LogP contribution in [0.15, 0.2) is 71.7 Å². The molecule has 0 bridgehead atoms. The van der Waals surface area contributed by atoms with Gasteiger partial charge in [-0.2, -0.15) is 13.2 Å². The molecule has 0 unspecified atom stereocenters. The molecule has 1 aliphatic rings. The molecule has 3 aromatic carbocycles. The zero-order valence-corrected chi connectivity index (χ0v) is 23.6. The number of methoxy groups -OCH3 is 1. The van der Waals surface area contributed by atoms with Gasteiger partial charge >= 0.3 is 18.1 Å². The number of carboxylic acids is 2. The van der Waals surface area contributed by atoms with Crippen LogP contribution in [0.5, 0.6) is 5.75 Å². The number of halogens is 4. The van der Waals surface area contributed by atoms with Gasteiger partial charge in [0.2, 0.25) is 0 Å². The van der Waals surface area contributed by atoms with E-state index in [2.05, 4.69) is 22.0 Å². The van der Waals surface area contributed by atoms with Crippen LogP contribution in [0.4, 0.5) is 24.5 Å². The number of guanidine groups is 1. The Morgan fingerprint density at radius 3 is 2.21 bits per heavy atom. The van der Waals surface area contributed by atoms with Crippen molar-refractivity contribution < 1.29 is 37.7 Å². The van der Waals surface area contributed by atoms with Crippen LogP contribution in [-0.2, 0) is 11.3 Å². The topological polar surface area (TPSA) is 115 Å². The van der Waals surface area contributed by atoms with Crippen molar-refractivity contribution in [2.75, 3.05) is 43.5 Å². The molecule has 42 heavy (non-hydrogen) atoms. The quantitative estimate of drug-likeness (QED) is 0.239. The summed E-state index contributed by atoms with van der Waals surface area (Å²) in [6.07, 6.45) is -5.08. The Kier molecular flexibility index (Phi) is 11.0. The van der Waals surface area contributed by atoms with Crippen molar-refractivity contribution in [2.24, 2.45) is 4.99 Å². The third kappa shape index (κ3) is 9.30. The molecular weight excluding hydrogens is 577 g/mol. The number of hydrogen-bond acceptors (Lipinski definition) is 5. The van der Waals surface area contributed by atoms with Crippen LogP contribution in [0.2, 0.25) is 5.02 Å². The molecule has 1 fully saturated rings. The summed E-state index contributed by atoms with van der Waals surface area (Å²) in [5.74, 6) is -2.16. The number of nitrogens with one attached hydrogen (secondary N) is 1. The lowest BCUT2D eigenvalue weighted by Crippen LogP contribution is -2.51. The maximum atomic E-state index is 11.2. The number of piperazine rings is 1. The lowest BCUT2D eigenvalue weighted by molar-refractivity contribution is -0.192. The second kappa shape index (κ2) is 14.4. The van der Waals surface area contributed by atoms with Gasteiger partial charge in [0.1, 0.15) is 5.75 Å². The van der Waals surface area contributed by atoms with Crippen LogP contribution < -0.4 is 15.0 Å². The SMILES string of the molecule is COc1cccc(CN=C(Nc2ccc(C(=O)O)cc2)N2CCN(c3cc(Cl)ccc3C)CC2)c1.O=C(O)C(F)(F)F. The fourth-order valence-electron chi connectivity index (χ4n) is 4.06. The van der Waals surface area contributed by atoms with E-state index >= 15 is 0 Å². The molecule has 1 saturated heterocycles. The summed E-state index contributed by atoms with van der Waals surface area (Å²) < 4.78 is 37.1. The lowest BCUT2D eigenvalue weighted by Gasteiger charge is -2.38. The summed E-state index contributed by atoms with van der Waals surface area (Å²) in [5, 5.41) is 20.5. The van der Waals surface area contributed by atoms with Crippen LogP contribution >= 0.6 is 11.6 Å². The first kappa shape index (κ1) is 32.1. The van der Waals surface area contributed by atoms with E-state index in [1.165, 1.54) is 5.56 Å². The van der Waals surface area contributed by atoms with Gasteiger partial charge in [0, 0.05) is 42.6 Å². The molecule has 0 radical (unpaired) electrons. The average molecular weight is 607 g/mol. The van der Waals surface area contributed by atoms with E-state index in [4.69, 9.17) is 31.2 Å². The highest BCUT2D eigenvalue weighted by atomic mass is 35.5. The minimum Gasteiger partial charge on any atom is -0.497 e. The number of nitrogens with zero attached hydrogens (tertiary/aromatic N) is 3. The van der Waals surface area contributed by atoms with Crippen LogP contribution in [0.25, 0.3) is 0 Å². The molecule has 13 heteroatoms. The van der Waals surface area contributed by atoms with Crippen LogP contribution in [-0.4, -0.2) is 72.5 Å². The predicted molar refractivity (Wildman–Crippen MR) is 155 cm³/mol. The van der Waals surface area contributed by atoms with E-state index in [0.717, 1.165) is 59.8 Å². The number of aryl methyl sites for hydroxylation is 1. The standard InChI is InChI=1S/C27H29ClN4O3.C2HF3O2/c1-19-6-9-22(28)17-25(19)31-12-14-32(15-13-31)27(29-18-20-4-3-5-24(16-20)35-2)30-23-10-7-21(8-11-23)26(33)34;3-2(4,5)1(6)7/h3-11,16-17H,12-15,18H2,1-2H3,(H,29,30)(H,33,34);(H,6,7).